The Hall–Kier alpha value is -1.71. The molecule has 1 rings (SSSR count). The Morgan fingerprint density at radius 3 is 2.47 bits per heavy atom. The lowest BCUT2D eigenvalue weighted by Crippen LogP contribution is -2.22. The molecule has 94 valence electrons. The second-order valence-electron chi connectivity index (χ2n) is 4.47. The van der Waals surface area contributed by atoms with Crippen molar-refractivity contribution in [3.63, 3.8) is 0 Å². The first-order valence-electron chi connectivity index (χ1n) is 5.70. The van der Waals surface area contributed by atoms with Gasteiger partial charge in [-0.3, -0.25) is 0 Å². The van der Waals surface area contributed by atoms with E-state index >= 15 is 0 Å². The van der Waals surface area contributed by atoms with Crippen molar-refractivity contribution in [1.29, 1.82) is 0 Å². The van der Waals surface area contributed by atoms with Gasteiger partial charge in [-0.2, -0.15) is 0 Å². The summed E-state index contributed by atoms with van der Waals surface area (Å²) in [5.41, 5.74) is 7.76. The van der Waals surface area contributed by atoms with Crippen molar-refractivity contribution >= 4 is 17.3 Å². The number of carbonyl (C=O) groups excluding carboxylic acids is 1. The van der Waals surface area contributed by atoms with Crippen molar-refractivity contribution in [3.05, 3.63) is 23.8 Å². The maximum Gasteiger partial charge on any atom is 0.337 e. The SMILES string of the molecule is COC(=O)c1ccc(NC(C)C(C)C)c(N)c1. The minimum Gasteiger partial charge on any atom is -0.465 e. The van der Waals surface area contributed by atoms with E-state index in [1.165, 1.54) is 7.11 Å². The third-order valence-electron chi connectivity index (χ3n) is 2.86. The molecule has 0 amide bonds. The molecule has 0 heterocycles. The maximum absolute atomic E-state index is 11.3. The standard InChI is InChI=1S/C13H20N2O2/c1-8(2)9(3)15-12-6-5-10(7-11(12)14)13(16)17-4/h5-9,15H,14H2,1-4H3. The normalized spacial score (nSPS) is 12.3. The highest BCUT2D eigenvalue weighted by Gasteiger charge is 2.11. The highest BCUT2D eigenvalue weighted by atomic mass is 16.5. The second-order valence-corrected chi connectivity index (χ2v) is 4.47. The van der Waals surface area contributed by atoms with Crippen molar-refractivity contribution in [3.8, 4) is 0 Å². The first kappa shape index (κ1) is 13.4. The van der Waals surface area contributed by atoms with Gasteiger partial charge in [0.1, 0.15) is 0 Å². The molecule has 4 nitrogen and oxygen atoms in total. The van der Waals surface area contributed by atoms with Crippen molar-refractivity contribution in [2.45, 2.75) is 26.8 Å². The third kappa shape index (κ3) is 3.37. The van der Waals surface area contributed by atoms with E-state index in [-0.39, 0.29) is 5.97 Å². The van der Waals surface area contributed by atoms with E-state index in [2.05, 4.69) is 30.8 Å². The van der Waals surface area contributed by atoms with Gasteiger partial charge >= 0.3 is 5.97 Å². The smallest absolute Gasteiger partial charge is 0.337 e. The van der Waals surface area contributed by atoms with Crippen molar-refractivity contribution in [2.75, 3.05) is 18.2 Å². The minimum atomic E-state index is -0.375. The molecule has 0 bridgehead atoms. The van der Waals surface area contributed by atoms with Crippen LogP contribution < -0.4 is 11.1 Å². The predicted octanol–water partition coefficient (Wildman–Crippen LogP) is 2.51. The number of ether oxygens (including phenoxy) is 1. The number of hydrogen-bond acceptors (Lipinski definition) is 4. The summed E-state index contributed by atoms with van der Waals surface area (Å²) in [6.45, 7) is 6.37. The Morgan fingerprint density at radius 1 is 1.35 bits per heavy atom. The molecule has 0 saturated heterocycles. The molecule has 0 spiro atoms. The molecule has 0 saturated carbocycles. The number of benzene rings is 1. The summed E-state index contributed by atoms with van der Waals surface area (Å²) in [6, 6.07) is 5.46. The molecule has 0 aromatic heterocycles. The molecular formula is C13H20N2O2. The van der Waals surface area contributed by atoms with E-state index in [0.717, 1.165) is 5.69 Å². The van der Waals surface area contributed by atoms with Crippen LogP contribution in [0.1, 0.15) is 31.1 Å². The Kier molecular flexibility index (Phi) is 4.37. The summed E-state index contributed by atoms with van der Waals surface area (Å²) < 4.78 is 4.64. The molecule has 1 atom stereocenters. The molecule has 1 aromatic carbocycles. The Bertz CT molecular complexity index is 402. The van der Waals surface area contributed by atoms with Crippen LogP contribution in [0.4, 0.5) is 11.4 Å². The number of nitrogens with two attached hydrogens (primary N) is 1. The number of carbonyl (C=O) groups is 1. The monoisotopic (exact) mass is 236 g/mol. The zero-order chi connectivity index (χ0) is 13.0. The predicted molar refractivity (Wildman–Crippen MR) is 70.1 cm³/mol. The lowest BCUT2D eigenvalue weighted by atomic mass is 10.1. The second kappa shape index (κ2) is 5.57. The van der Waals surface area contributed by atoms with Crippen molar-refractivity contribution in [2.24, 2.45) is 5.92 Å². The van der Waals surface area contributed by atoms with Gasteiger partial charge < -0.3 is 15.8 Å². The highest BCUT2D eigenvalue weighted by molar-refractivity contribution is 5.91. The molecule has 0 aliphatic carbocycles. The summed E-state index contributed by atoms with van der Waals surface area (Å²) in [6.07, 6.45) is 0. The minimum absolute atomic E-state index is 0.321. The van der Waals surface area contributed by atoms with Gasteiger partial charge in [-0.05, 0) is 31.0 Å². The van der Waals surface area contributed by atoms with Crippen LogP contribution in [0.3, 0.4) is 0 Å². The zero-order valence-electron chi connectivity index (χ0n) is 10.8. The molecule has 0 aliphatic heterocycles. The fraction of sp³-hybridized carbons (Fsp3) is 0.462. The molecule has 1 unspecified atom stereocenters. The van der Waals surface area contributed by atoms with E-state index in [9.17, 15) is 4.79 Å². The number of nitrogen functional groups attached to an aromatic ring is 1. The highest BCUT2D eigenvalue weighted by Crippen LogP contribution is 2.22. The quantitative estimate of drug-likeness (QED) is 0.622. The van der Waals surface area contributed by atoms with Crippen LogP contribution >= 0.6 is 0 Å². The van der Waals surface area contributed by atoms with E-state index in [0.29, 0.717) is 23.2 Å². The third-order valence-corrected chi connectivity index (χ3v) is 2.86. The average molecular weight is 236 g/mol. The Labute approximate surface area is 102 Å². The van der Waals surface area contributed by atoms with Gasteiger partial charge in [0.25, 0.3) is 0 Å². The van der Waals surface area contributed by atoms with Crippen molar-refractivity contribution < 1.29 is 9.53 Å². The fourth-order valence-corrected chi connectivity index (χ4v) is 1.35. The first-order chi connectivity index (χ1) is 7.95. The van der Waals surface area contributed by atoms with Crippen LogP contribution in [0.5, 0.6) is 0 Å². The van der Waals surface area contributed by atoms with E-state index in [1.807, 2.05) is 0 Å². The van der Waals surface area contributed by atoms with Gasteiger partial charge in [0.05, 0.1) is 24.0 Å². The van der Waals surface area contributed by atoms with Crippen LogP contribution in [0.2, 0.25) is 0 Å². The van der Waals surface area contributed by atoms with Crippen molar-refractivity contribution in [1.82, 2.24) is 0 Å². The molecule has 0 fully saturated rings. The van der Waals surface area contributed by atoms with Gasteiger partial charge in [0.2, 0.25) is 0 Å². The molecule has 0 radical (unpaired) electrons. The van der Waals surface area contributed by atoms with Crippen LogP contribution in [-0.4, -0.2) is 19.1 Å². The molecule has 1 aromatic rings. The lowest BCUT2D eigenvalue weighted by Gasteiger charge is -2.20. The van der Waals surface area contributed by atoms with Gasteiger partial charge in [-0.15, -0.1) is 0 Å². The lowest BCUT2D eigenvalue weighted by molar-refractivity contribution is 0.0601. The molecular weight excluding hydrogens is 216 g/mol. The first-order valence-corrected chi connectivity index (χ1v) is 5.70. The fourth-order valence-electron chi connectivity index (χ4n) is 1.35. The van der Waals surface area contributed by atoms with Crippen LogP contribution in [0.15, 0.2) is 18.2 Å². The number of nitrogens with one attached hydrogen (secondary N) is 1. The molecule has 17 heavy (non-hydrogen) atoms. The summed E-state index contributed by atoms with van der Waals surface area (Å²) in [5, 5.41) is 3.32. The number of methoxy groups -OCH3 is 1. The van der Waals surface area contributed by atoms with Crippen LogP contribution in [0, 0.1) is 5.92 Å². The molecule has 4 heteroatoms. The summed E-state index contributed by atoms with van der Waals surface area (Å²) in [4.78, 5) is 11.3. The van der Waals surface area contributed by atoms with E-state index in [1.54, 1.807) is 18.2 Å². The maximum atomic E-state index is 11.3. The van der Waals surface area contributed by atoms with Gasteiger partial charge in [0.15, 0.2) is 0 Å². The largest absolute Gasteiger partial charge is 0.465 e. The topological polar surface area (TPSA) is 64.3 Å². The Morgan fingerprint density at radius 2 is 2.00 bits per heavy atom. The molecule has 3 N–H and O–H groups in total. The Balaban J connectivity index is 2.87. The van der Waals surface area contributed by atoms with Gasteiger partial charge in [0, 0.05) is 6.04 Å². The van der Waals surface area contributed by atoms with E-state index in [4.69, 9.17) is 5.73 Å². The van der Waals surface area contributed by atoms with Gasteiger partial charge in [-0.1, -0.05) is 13.8 Å². The number of rotatable bonds is 4. The van der Waals surface area contributed by atoms with Crippen LogP contribution in [0.25, 0.3) is 0 Å². The number of anilines is 2. The average Bonchev–Trinajstić information content (AvgIpc) is 2.30. The molecule has 0 aliphatic rings. The van der Waals surface area contributed by atoms with Gasteiger partial charge in [-0.25, -0.2) is 4.79 Å². The van der Waals surface area contributed by atoms with E-state index < -0.39 is 0 Å². The summed E-state index contributed by atoms with van der Waals surface area (Å²) >= 11 is 0. The number of esters is 1. The van der Waals surface area contributed by atoms with Crippen LogP contribution in [-0.2, 0) is 4.74 Å². The summed E-state index contributed by atoms with van der Waals surface area (Å²) in [7, 11) is 1.35. The summed E-state index contributed by atoms with van der Waals surface area (Å²) in [5.74, 6) is 0.134. The zero-order valence-corrected chi connectivity index (χ0v) is 10.8. The number of hydrogen-bond donors (Lipinski definition) is 2.